The molecule has 1 amide bonds. The number of halogens is 1. The molecule has 72 valence electrons. The molecule has 1 aromatic heterocycles. The molecule has 0 unspecified atom stereocenters. The number of nitrogens with zero attached hydrogens (tertiary/aromatic N) is 2. The summed E-state index contributed by atoms with van der Waals surface area (Å²) in [6, 6.07) is 1.38. The predicted molar refractivity (Wildman–Crippen MR) is 51.6 cm³/mol. The van der Waals surface area contributed by atoms with Crippen LogP contribution in [0.1, 0.15) is 18.2 Å². The van der Waals surface area contributed by atoms with Gasteiger partial charge in [0.25, 0.3) is 0 Å². The number of carbonyl (C=O) groups is 1. The van der Waals surface area contributed by atoms with E-state index in [1.165, 1.54) is 0 Å². The third kappa shape index (κ3) is 2.53. The van der Waals surface area contributed by atoms with Gasteiger partial charge in [-0.15, -0.1) is 0 Å². The van der Waals surface area contributed by atoms with E-state index in [-0.39, 0.29) is 12.5 Å². The van der Waals surface area contributed by atoms with Crippen LogP contribution >= 0.6 is 15.9 Å². The van der Waals surface area contributed by atoms with Crippen molar-refractivity contribution < 1.29 is 4.79 Å². The Bertz CT molecular complexity index is 322. The van der Waals surface area contributed by atoms with E-state index in [1.54, 1.807) is 17.8 Å². The van der Waals surface area contributed by atoms with E-state index >= 15 is 0 Å². The minimum absolute atomic E-state index is 0.131. The molecule has 1 aromatic rings. The van der Waals surface area contributed by atoms with E-state index in [9.17, 15) is 4.79 Å². The molecule has 0 spiro atoms. The highest BCUT2D eigenvalue weighted by atomic mass is 79.9. The van der Waals surface area contributed by atoms with E-state index in [0.29, 0.717) is 4.60 Å². The standard InChI is InChI=1S/C7H11BrN4O/c1-12-5(3-6(8)11-12)4(9)2-7(10)13/h3-4H,2,9H2,1H3,(H2,10,13)/t4-/m0/s1. The van der Waals surface area contributed by atoms with Gasteiger partial charge in [-0.2, -0.15) is 5.10 Å². The molecule has 5 nitrogen and oxygen atoms in total. The predicted octanol–water partition coefficient (Wildman–Crippen LogP) is 0.0578. The van der Waals surface area contributed by atoms with Crippen LogP contribution in [0.2, 0.25) is 0 Å². The summed E-state index contributed by atoms with van der Waals surface area (Å²) >= 11 is 3.21. The van der Waals surface area contributed by atoms with Gasteiger partial charge in [0.1, 0.15) is 4.60 Å². The molecule has 0 aliphatic carbocycles. The van der Waals surface area contributed by atoms with Crippen molar-refractivity contribution in [1.29, 1.82) is 0 Å². The fraction of sp³-hybridized carbons (Fsp3) is 0.429. The molecule has 0 bridgehead atoms. The molecule has 1 heterocycles. The van der Waals surface area contributed by atoms with Gasteiger partial charge < -0.3 is 11.5 Å². The average molecular weight is 247 g/mol. The van der Waals surface area contributed by atoms with Crippen LogP contribution in [0.25, 0.3) is 0 Å². The Labute approximate surface area is 84.2 Å². The maximum absolute atomic E-state index is 10.6. The number of primary amides is 1. The summed E-state index contributed by atoms with van der Waals surface area (Å²) < 4.78 is 2.32. The normalized spacial score (nSPS) is 12.8. The minimum Gasteiger partial charge on any atom is -0.370 e. The summed E-state index contributed by atoms with van der Waals surface area (Å²) in [6.45, 7) is 0. The van der Waals surface area contributed by atoms with Gasteiger partial charge in [-0.25, -0.2) is 0 Å². The first-order valence-corrected chi connectivity index (χ1v) is 4.53. The number of hydrogen-bond donors (Lipinski definition) is 2. The zero-order valence-electron chi connectivity index (χ0n) is 7.20. The molecule has 0 saturated heterocycles. The lowest BCUT2D eigenvalue weighted by molar-refractivity contribution is -0.118. The van der Waals surface area contributed by atoms with Crippen LogP contribution in [0.3, 0.4) is 0 Å². The van der Waals surface area contributed by atoms with E-state index in [1.807, 2.05) is 0 Å². The maximum atomic E-state index is 10.6. The highest BCUT2D eigenvalue weighted by molar-refractivity contribution is 9.10. The van der Waals surface area contributed by atoms with Crippen LogP contribution in [-0.4, -0.2) is 15.7 Å². The third-order valence-electron chi connectivity index (χ3n) is 1.69. The van der Waals surface area contributed by atoms with Crippen molar-refractivity contribution >= 4 is 21.8 Å². The molecule has 0 aromatic carbocycles. The van der Waals surface area contributed by atoms with Gasteiger partial charge in [-0.1, -0.05) is 0 Å². The summed E-state index contributed by atoms with van der Waals surface area (Å²) in [4.78, 5) is 10.6. The number of rotatable bonds is 3. The van der Waals surface area contributed by atoms with E-state index in [2.05, 4.69) is 21.0 Å². The second-order valence-corrected chi connectivity index (χ2v) is 3.60. The Kier molecular flexibility index (Phi) is 3.05. The van der Waals surface area contributed by atoms with Gasteiger partial charge in [-0.05, 0) is 22.0 Å². The van der Waals surface area contributed by atoms with Crippen molar-refractivity contribution in [2.45, 2.75) is 12.5 Å². The first-order chi connectivity index (χ1) is 6.00. The molecular formula is C7H11BrN4O. The smallest absolute Gasteiger partial charge is 0.219 e. The lowest BCUT2D eigenvalue weighted by atomic mass is 10.1. The number of nitrogens with two attached hydrogens (primary N) is 2. The van der Waals surface area contributed by atoms with E-state index in [0.717, 1.165) is 5.69 Å². The molecule has 1 atom stereocenters. The quantitative estimate of drug-likeness (QED) is 0.791. The summed E-state index contributed by atoms with van der Waals surface area (Å²) in [5.41, 5.74) is 11.5. The van der Waals surface area contributed by atoms with Gasteiger partial charge in [0.2, 0.25) is 5.91 Å². The average Bonchev–Trinajstić information content (AvgIpc) is 2.28. The van der Waals surface area contributed by atoms with Crippen molar-refractivity contribution in [2.75, 3.05) is 0 Å². The van der Waals surface area contributed by atoms with Gasteiger partial charge in [0, 0.05) is 13.5 Å². The molecular weight excluding hydrogens is 236 g/mol. The molecule has 0 radical (unpaired) electrons. The van der Waals surface area contributed by atoms with E-state index < -0.39 is 5.91 Å². The van der Waals surface area contributed by atoms with E-state index in [4.69, 9.17) is 11.5 Å². The molecule has 0 aliphatic heterocycles. The number of amides is 1. The maximum Gasteiger partial charge on any atom is 0.219 e. The summed E-state index contributed by atoms with van der Waals surface area (Å²) in [6.07, 6.45) is 0.131. The Morgan fingerprint density at radius 3 is 2.85 bits per heavy atom. The van der Waals surface area contributed by atoms with Gasteiger partial charge in [0.15, 0.2) is 0 Å². The number of hydrogen-bond acceptors (Lipinski definition) is 3. The highest BCUT2D eigenvalue weighted by Crippen LogP contribution is 2.17. The zero-order valence-corrected chi connectivity index (χ0v) is 8.78. The fourth-order valence-corrected chi connectivity index (χ4v) is 1.59. The molecule has 1 rings (SSSR count). The summed E-state index contributed by atoms with van der Waals surface area (Å²) in [5, 5.41) is 4.04. The molecule has 0 aliphatic rings. The third-order valence-corrected chi connectivity index (χ3v) is 2.07. The first-order valence-electron chi connectivity index (χ1n) is 3.74. The SMILES string of the molecule is Cn1nc(Br)cc1[C@@H](N)CC(N)=O. The molecule has 0 fully saturated rings. The Balaban J connectivity index is 2.81. The number of carbonyl (C=O) groups excluding carboxylic acids is 1. The Hall–Kier alpha value is -0.880. The highest BCUT2D eigenvalue weighted by Gasteiger charge is 2.13. The zero-order chi connectivity index (χ0) is 10.0. The number of aryl methyl sites for hydroxylation is 1. The van der Waals surface area contributed by atoms with Crippen molar-refractivity contribution in [2.24, 2.45) is 18.5 Å². The summed E-state index contributed by atoms with van der Waals surface area (Å²) in [5.74, 6) is -0.412. The number of aromatic nitrogens is 2. The second kappa shape index (κ2) is 3.89. The molecule has 6 heteroatoms. The fourth-order valence-electron chi connectivity index (χ4n) is 1.11. The van der Waals surface area contributed by atoms with Crippen LogP contribution in [0.5, 0.6) is 0 Å². The van der Waals surface area contributed by atoms with Crippen LogP contribution < -0.4 is 11.5 Å². The largest absolute Gasteiger partial charge is 0.370 e. The van der Waals surface area contributed by atoms with Gasteiger partial charge in [0.05, 0.1) is 11.7 Å². The minimum atomic E-state index is -0.412. The summed E-state index contributed by atoms with van der Waals surface area (Å²) in [7, 11) is 1.76. The van der Waals surface area contributed by atoms with Crippen molar-refractivity contribution in [3.63, 3.8) is 0 Å². The van der Waals surface area contributed by atoms with Crippen molar-refractivity contribution in [3.05, 3.63) is 16.4 Å². The second-order valence-electron chi connectivity index (χ2n) is 2.79. The van der Waals surface area contributed by atoms with Crippen LogP contribution in [-0.2, 0) is 11.8 Å². The van der Waals surface area contributed by atoms with Crippen LogP contribution in [0.15, 0.2) is 10.7 Å². The van der Waals surface area contributed by atoms with Crippen LogP contribution in [0, 0.1) is 0 Å². The lowest BCUT2D eigenvalue weighted by Gasteiger charge is -2.08. The molecule has 0 saturated carbocycles. The first kappa shape index (κ1) is 10.2. The van der Waals surface area contributed by atoms with Gasteiger partial charge >= 0.3 is 0 Å². The van der Waals surface area contributed by atoms with Gasteiger partial charge in [-0.3, -0.25) is 9.48 Å². The van der Waals surface area contributed by atoms with Crippen molar-refractivity contribution in [1.82, 2.24) is 9.78 Å². The molecule has 4 N–H and O–H groups in total. The lowest BCUT2D eigenvalue weighted by Crippen LogP contribution is -2.22. The van der Waals surface area contributed by atoms with Crippen molar-refractivity contribution in [3.8, 4) is 0 Å². The molecule has 13 heavy (non-hydrogen) atoms. The monoisotopic (exact) mass is 246 g/mol. The van der Waals surface area contributed by atoms with Crippen LogP contribution in [0.4, 0.5) is 0 Å². The topological polar surface area (TPSA) is 86.9 Å². The Morgan fingerprint density at radius 1 is 1.85 bits per heavy atom. The Morgan fingerprint density at radius 2 is 2.46 bits per heavy atom.